The van der Waals surface area contributed by atoms with Crippen LogP contribution in [0.15, 0.2) is 72.8 Å². The van der Waals surface area contributed by atoms with Crippen LogP contribution < -0.4 is 20.1 Å². The fraction of sp³-hybridized carbons (Fsp3) is 0.231. The lowest BCUT2D eigenvalue weighted by atomic mass is 10.0. The highest BCUT2D eigenvalue weighted by Gasteiger charge is 2.34. The highest BCUT2D eigenvalue weighted by atomic mass is 16.5. The van der Waals surface area contributed by atoms with Crippen LogP contribution in [0.5, 0.6) is 11.5 Å². The molecule has 4 rings (SSSR count). The predicted molar refractivity (Wildman–Crippen MR) is 127 cm³/mol. The number of amides is 2. The number of anilines is 1. The summed E-state index contributed by atoms with van der Waals surface area (Å²) in [4.78, 5) is 27.6. The number of ether oxygens (including phenoxy) is 2. The summed E-state index contributed by atoms with van der Waals surface area (Å²) < 4.78 is 10.4. The van der Waals surface area contributed by atoms with Gasteiger partial charge in [-0.25, -0.2) is 0 Å². The molecule has 3 aromatic carbocycles. The zero-order valence-corrected chi connectivity index (χ0v) is 18.7. The van der Waals surface area contributed by atoms with Gasteiger partial charge in [0.1, 0.15) is 24.2 Å². The molecule has 1 heterocycles. The van der Waals surface area contributed by atoms with Crippen molar-refractivity contribution in [2.45, 2.75) is 12.6 Å². The Bertz CT molecular complexity index is 1110. The minimum Gasteiger partial charge on any atom is -0.497 e. The van der Waals surface area contributed by atoms with Crippen molar-refractivity contribution in [1.29, 1.82) is 0 Å². The third-order valence-corrected chi connectivity index (χ3v) is 5.66. The Balaban J connectivity index is 1.46. The number of methoxy groups -OCH3 is 2. The topological polar surface area (TPSA) is 79.9 Å². The number of benzene rings is 3. The molecular weight excluding hydrogens is 418 g/mol. The molecule has 0 unspecified atom stereocenters. The van der Waals surface area contributed by atoms with Gasteiger partial charge in [-0.15, -0.1) is 0 Å². The van der Waals surface area contributed by atoms with E-state index < -0.39 is 6.17 Å². The van der Waals surface area contributed by atoms with Crippen LogP contribution >= 0.6 is 0 Å². The fourth-order valence-corrected chi connectivity index (χ4v) is 3.85. The van der Waals surface area contributed by atoms with Crippen molar-refractivity contribution >= 4 is 17.5 Å². The van der Waals surface area contributed by atoms with Gasteiger partial charge in [0.05, 0.1) is 19.8 Å². The summed E-state index contributed by atoms with van der Waals surface area (Å²) in [5, 5.41) is 6.33. The molecule has 0 bridgehead atoms. The van der Waals surface area contributed by atoms with Crippen LogP contribution in [0.25, 0.3) is 0 Å². The molecular formula is C26H27N3O4. The van der Waals surface area contributed by atoms with Gasteiger partial charge in [0.2, 0.25) is 5.91 Å². The smallest absolute Gasteiger partial charge is 0.258 e. The zero-order valence-electron chi connectivity index (χ0n) is 18.7. The summed E-state index contributed by atoms with van der Waals surface area (Å²) in [6.45, 7) is 0.421. The first kappa shape index (κ1) is 22.2. The quantitative estimate of drug-likeness (QED) is 0.554. The lowest BCUT2D eigenvalue weighted by Gasteiger charge is -2.37. The van der Waals surface area contributed by atoms with E-state index in [1.165, 1.54) is 0 Å². The van der Waals surface area contributed by atoms with Crippen molar-refractivity contribution < 1.29 is 19.1 Å². The number of nitrogens with zero attached hydrogens (tertiary/aromatic N) is 1. The van der Waals surface area contributed by atoms with Gasteiger partial charge in [-0.05, 0) is 53.9 Å². The molecule has 0 aromatic heterocycles. The minimum absolute atomic E-state index is 0.0561. The lowest BCUT2D eigenvalue weighted by molar-refractivity contribution is -0.122. The molecule has 2 N–H and O–H groups in total. The van der Waals surface area contributed by atoms with E-state index in [1.54, 1.807) is 25.2 Å². The van der Waals surface area contributed by atoms with E-state index >= 15 is 0 Å². The summed E-state index contributed by atoms with van der Waals surface area (Å²) in [7, 11) is 3.24. The van der Waals surface area contributed by atoms with Gasteiger partial charge < -0.3 is 25.0 Å². The molecule has 3 aromatic rings. The summed E-state index contributed by atoms with van der Waals surface area (Å²) in [5.41, 5.74) is 3.26. The number of nitrogens with one attached hydrogen (secondary N) is 2. The molecule has 0 saturated heterocycles. The maximum Gasteiger partial charge on any atom is 0.258 e. The number of para-hydroxylation sites is 1. The largest absolute Gasteiger partial charge is 0.497 e. The Morgan fingerprint density at radius 3 is 2.24 bits per heavy atom. The number of hydrogen-bond donors (Lipinski definition) is 2. The number of rotatable bonds is 8. The molecule has 0 radical (unpaired) electrons. The highest BCUT2D eigenvalue weighted by Crippen LogP contribution is 2.33. The van der Waals surface area contributed by atoms with Crippen LogP contribution in [-0.2, 0) is 11.2 Å². The Labute approximate surface area is 193 Å². The molecule has 33 heavy (non-hydrogen) atoms. The summed E-state index contributed by atoms with van der Waals surface area (Å²) in [5.74, 6) is 1.12. The van der Waals surface area contributed by atoms with Crippen molar-refractivity contribution in [3.63, 3.8) is 0 Å². The summed E-state index contributed by atoms with van der Waals surface area (Å²) in [6.07, 6.45) is 0.220. The van der Waals surface area contributed by atoms with E-state index in [-0.39, 0.29) is 18.4 Å². The maximum atomic E-state index is 13.3. The molecule has 0 saturated carbocycles. The molecule has 0 fully saturated rings. The Morgan fingerprint density at radius 2 is 1.58 bits per heavy atom. The summed E-state index contributed by atoms with van der Waals surface area (Å²) >= 11 is 0. The van der Waals surface area contributed by atoms with Crippen molar-refractivity contribution in [3.8, 4) is 11.5 Å². The number of carbonyl (C=O) groups is 2. The van der Waals surface area contributed by atoms with Crippen molar-refractivity contribution in [2.75, 3.05) is 32.6 Å². The molecule has 7 heteroatoms. The van der Waals surface area contributed by atoms with Gasteiger partial charge in [-0.1, -0.05) is 36.4 Å². The van der Waals surface area contributed by atoms with E-state index in [2.05, 4.69) is 10.6 Å². The molecule has 1 aliphatic heterocycles. The van der Waals surface area contributed by atoms with Gasteiger partial charge in [0.15, 0.2) is 0 Å². The van der Waals surface area contributed by atoms with Crippen molar-refractivity contribution in [3.05, 3.63) is 89.5 Å². The fourth-order valence-electron chi connectivity index (χ4n) is 3.85. The maximum absolute atomic E-state index is 13.3. The van der Waals surface area contributed by atoms with Gasteiger partial charge in [0, 0.05) is 12.2 Å². The van der Waals surface area contributed by atoms with Gasteiger partial charge in [-0.3, -0.25) is 9.59 Å². The number of carbonyl (C=O) groups excluding carboxylic acids is 2. The van der Waals surface area contributed by atoms with E-state index in [0.29, 0.717) is 18.5 Å². The first-order valence-corrected chi connectivity index (χ1v) is 10.8. The summed E-state index contributed by atoms with van der Waals surface area (Å²) in [6, 6.07) is 22.5. The third kappa shape index (κ3) is 5.09. The van der Waals surface area contributed by atoms with Gasteiger partial charge in [0.25, 0.3) is 5.91 Å². The van der Waals surface area contributed by atoms with E-state index in [9.17, 15) is 9.59 Å². The Hall–Kier alpha value is -4.00. The molecule has 1 atom stereocenters. The molecule has 2 amide bonds. The zero-order chi connectivity index (χ0) is 23.2. The van der Waals surface area contributed by atoms with Gasteiger partial charge in [-0.2, -0.15) is 0 Å². The Morgan fingerprint density at radius 1 is 0.939 bits per heavy atom. The van der Waals surface area contributed by atoms with E-state index in [4.69, 9.17) is 9.47 Å². The second-order valence-electron chi connectivity index (χ2n) is 7.75. The SMILES string of the molecule is COc1ccc(CCNC(=O)CN2C(=O)c3ccccc3N[C@@H]2c2ccc(OC)cc2)cc1. The first-order valence-electron chi connectivity index (χ1n) is 10.8. The van der Waals surface area contributed by atoms with Crippen LogP contribution in [0, 0.1) is 0 Å². The first-order chi connectivity index (χ1) is 16.1. The predicted octanol–water partition coefficient (Wildman–Crippen LogP) is 3.63. The second kappa shape index (κ2) is 10.1. The average Bonchev–Trinajstić information content (AvgIpc) is 2.86. The van der Waals surface area contributed by atoms with Crippen LogP contribution in [0.4, 0.5) is 5.69 Å². The molecule has 1 aliphatic rings. The van der Waals surface area contributed by atoms with Crippen LogP contribution in [0.3, 0.4) is 0 Å². The molecule has 170 valence electrons. The van der Waals surface area contributed by atoms with Crippen molar-refractivity contribution in [2.24, 2.45) is 0 Å². The van der Waals surface area contributed by atoms with Gasteiger partial charge >= 0.3 is 0 Å². The normalized spacial score (nSPS) is 14.8. The van der Waals surface area contributed by atoms with E-state index in [0.717, 1.165) is 28.3 Å². The average molecular weight is 446 g/mol. The monoisotopic (exact) mass is 445 g/mol. The van der Waals surface area contributed by atoms with Crippen LogP contribution in [0.2, 0.25) is 0 Å². The van der Waals surface area contributed by atoms with Crippen LogP contribution in [-0.4, -0.2) is 44.0 Å². The Kier molecular flexibility index (Phi) is 6.78. The number of hydrogen-bond acceptors (Lipinski definition) is 5. The lowest BCUT2D eigenvalue weighted by Crippen LogP contribution is -2.48. The standard InChI is InChI=1S/C26H27N3O4/c1-32-20-11-7-18(8-12-20)15-16-27-24(30)17-29-25(19-9-13-21(33-2)14-10-19)28-23-6-4-3-5-22(23)26(29)31/h3-14,25,28H,15-17H2,1-2H3,(H,27,30)/t25-/m0/s1. The van der Waals surface area contributed by atoms with Crippen LogP contribution in [0.1, 0.15) is 27.7 Å². The van der Waals surface area contributed by atoms with E-state index in [1.807, 2.05) is 66.7 Å². The third-order valence-electron chi connectivity index (χ3n) is 5.66. The molecule has 7 nitrogen and oxygen atoms in total. The molecule has 0 aliphatic carbocycles. The highest BCUT2D eigenvalue weighted by molar-refractivity contribution is 6.03. The van der Waals surface area contributed by atoms with Crippen molar-refractivity contribution in [1.82, 2.24) is 10.2 Å². The minimum atomic E-state index is -0.467. The molecule has 0 spiro atoms. The second-order valence-corrected chi connectivity index (χ2v) is 7.75. The number of fused-ring (bicyclic) bond motifs is 1.